The van der Waals surface area contributed by atoms with Crippen molar-refractivity contribution in [3.8, 4) is 22.3 Å². The van der Waals surface area contributed by atoms with Crippen molar-refractivity contribution >= 4 is 71.3 Å². The fourth-order valence-corrected chi connectivity index (χ4v) is 9.06. The molecule has 2 heteroatoms. The van der Waals surface area contributed by atoms with Gasteiger partial charge < -0.3 is 9.32 Å². The van der Waals surface area contributed by atoms with Gasteiger partial charge in [0.2, 0.25) is 0 Å². The Morgan fingerprint density at radius 2 is 0.981 bits per heavy atom. The summed E-state index contributed by atoms with van der Waals surface area (Å²) in [5.41, 5.74) is 12.6. The molecule has 1 aliphatic rings. The van der Waals surface area contributed by atoms with Crippen LogP contribution >= 0.6 is 0 Å². The van der Waals surface area contributed by atoms with Crippen molar-refractivity contribution in [3.63, 3.8) is 0 Å². The average Bonchev–Trinajstić information content (AvgIpc) is 3.70. The predicted octanol–water partition coefficient (Wildman–Crippen LogP) is 14.5. The highest BCUT2D eigenvalue weighted by Crippen LogP contribution is 2.51. The van der Waals surface area contributed by atoms with Crippen LogP contribution in [0.1, 0.15) is 25.0 Å². The lowest BCUT2D eigenvalue weighted by Crippen LogP contribution is -2.16. The van der Waals surface area contributed by atoms with Gasteiger partial charge >= 0.3 is 0 Å². The number of para-hydroxylation sites is 2. The Hall–Kier alpha value is -6.64. The van der Waals surface area contributed by atoms with Crippen molar-refractivity contribution in [2.75, 3.05) is 4.90 Å². The molecule has 250 valence electrons. The lowest BCUT2D eigenvalue weighted by molar-refractivity contribution is 0.660. The number of nitrogens with zero attached hydrogens (tertiary/aromatic N) is 1. The lowest BCUT2D eigenvalue weighted by Gasteiger charge is -2.28. The normalized spacial score (nSPS) is 13.2. The molecule has 0 aliphatic heterocycles. The highest BCUT2D eigenvalue weighted by Gasteiger charge is 2.36. The third-order valence-electron chi connectivity index (χ3n) is 11.6. The van der Waals surface area contributed by atoms with Crippen LogP contribution in [0.3, 0.4) is 0 Å². The van der Waals surface area contributed by atoms with Crippen molar-refractivity contribution in [1.29, 1.82) is 0 Å². The molecule has 9 aromatic carbocycles. The van der Waals surface area contributed by atoms with E-state index in [0.717, 1.165) is 39.0 Å². The van der Waals surface area contributed by atoms with Crippen molar-refractivity contribution in [2.45, 2.75) is 19.3 Å². The maximum Gasteiger partial charge on any atom is 0.159 e. The van der Waals surface area contributed by atoms with Crippen molar-refractivity contribution < 1.29 is 4.42 Å². The van der Waals surface area contributed by atoms with Crippen LogP contribution in [0.2, 0.25) is 0 Å². The summed E-state index contributed by atoms with van der Waals surface area (Å²) in [5, 5.41) is 9.92. The SMILES string of the molecule is CC1(C)c2ccccc2-c2ccc(N(c3ccccc3)c3cccc4c3oc3ccc(-c5ccc6c7ccccc7c7ccccc7c6c5)cc34)cc21. The van der Waals surface area contributed by atoms with Crippen LogP contribution in [-0.2, 0) is 5.41 Å². The minimum Gasteiger partial charge on any atom is -0.454 e. The molecule has 53 heavy (non-hydrogen) atoms. The molecule has 1 aromatic heterocycles. The van der Waals surface area contributed by atoms with Gasteiger partial charge in [0.1, 0.15) is 5.58 Å². The van der Waals surface area contributed by atoms with E-state index in [0.29, 0.717) is 0 Å². The van der Waals surface area contributed by atoms with Gasteiger partial charge in [0.15, 0.2) is 5.58 Å². The zero-order valence-electron chi connectivity index (χ0n) is 29.6. The average molecular weight is 678 g/mol. The lowest BCUT2D eigenvalue weighted by atomic mass is 9.82. The molecule has 0 unspecified atom stereocenters. The van der Waals surface area contributed by atoms with Crippen LogP contribution in [-0.4, -0.2) is 0 Å². The van der Waals surface area contributed by atoms with Gasteiger partial charge in [0.25, 0.3) is 0 Å². The van der Waals surface area contributed by atoms with Gasteiger partial charge in [-0.05, 0) is 114 Å². The third-order valence-corrected chi connectivity index (χ3v) is 11.6. The smallest absolute Gasteiger partial charge is 0.159 e. The van der Waals surface area contributed by atoms with Gasteiger partial charge in [0.05, 0.1) is 5.69 Å². The highest BCUT2D eigenvalue weighted by atomic mass is 16.3. The predicted molar refractivity (Wildman–Crippen MR) is 224 cm³/mol. The Morgan fingerprint density at radius 1 is 0.396 bits per heavy atom. The number of hydrogen-bond acceptors (Lipinski definition) is 2. The van der Waals surface area contributed by atoms with Gasteiger partial charge in [-0.2, -0.15) is 0 Å². The largest absolute Gasteiger partial charge is 0.454 e. The van der Waals surface area contributed by atoms with Crippen molar-refractivity contribution in [1.82, 2.24) is 0 Å². The van der Waals surface area contributed by atoms with E-state index >= 15 is 0 Å². The topological polar surface area (TPSA) is 16.4 Å². The number of hydrogen-bond donors (Lipinski definition) is 0. The van der Waals surface area contributed by atoms with E-state index in [2.05, 4.69) is 195 Å². The van der Waals surface area contributed by atoms with Crippen molar-refractivity contribution in [3.05, 3.63) is 187 Å². The highest BCUT2D eigenvalue weighted by molar-refractivity contribution is 6.25. The number of rotatable bonds is 4. The maximum atomic E-state index is 6.82. The summed E-state index contributed by atoms with van der Waals surface area (Å²) < 4.78 is 6.82. The van der Waals surface area contributed by atoms with E-state index in [4.69, 9.17) is 4.42 Å². The number of benzene rings is 9. The van der Waals surface area contributed by atoms with Gasteiger partial charge in [-0.15, -0.1) is 0 Å². The first-order valence-corrected chi connectivity index (χ1v) is 18.4. The number of anilines is 3. The second-order valence-electron chi connectivity index (χ2n) is 14.9. The van der Waals surface area contributed by atoms with Gasteiger partial charge in [-0.3, -0.25) is 0 Å². The molecule has 0 amide bonds. The van der Waals surface area contributed by atoms with Gasteiger partial charge in [-0.1, -0.05) is 141 Å². The Balaban J connectivity index is 1.08. The summed E-state index contributed by atoms with van der Waals surface area (Å²) >= 11 is 0. The Labute approximate surface area is 308 Å². The number of furan rings is 1. The van der Waals surface area contributed by atoms with E-state index in [9.17, 15) is 0 Å². The second-order valence-corrected chi connectivity index (χ2v) is 14.9. The summed E-state index contributed by atoms with van der Waals surface area (Å²) in [6.07, 6.45) is 0. The van der Waals surface area contributed by atoms with E-state index < -0.39 is 0 Å². The van der Waals surface area contributed by atoms with E-state index in [-0.39, 0.29) is 5.41 Å². The molecular formula is C51H35NO. The summed E-state index contributed by atoms with van der Waals surface area (Å²) in [6, 6.07) is 64.1. The van der Waals surface area contributed by atoms with Crippen LogP contribution in [0.25, 0.3) is 76.5 Å². The van der Waals surface area contributed by atoms with E-state index in [1.54, 1.807) is 0 Å². The summed E-state index contributed by atoms with van der Waals surface area (Å²) in [5.74, 6) is 0. The molecule has 0 spiro atoms. The van der Waals surface area contributed by atoms with Gasteiger partial charge in [-0.25, -0.2) is 0 Å². The summed E-state index contributed by atoms with van der Waals surface area (Å²) in [6.45, 7) is 4.68. The Morgan fingerprint density at radius 3 is 1.74 bits per heavy atom. The van der Waals surface area contributed by atoms with Crippen LogP contribution < -0.4 is 4.90 Å². The van der Waals surface area contributed by atoms with Crippen LogP contribution in [0.4, 0.5) is 17.1 Å². The molecule has 0 saturated carbocycles. The summed E-state index contributed by atoms with van der Waals surface area (Å²) in [4.78, 5) is 2.35. The Kier molecular flexibility index (Phi) is 6.33. The molecule has 0 N–H and O–H groups in total. The van der Waals surface area contributed by atoms with Crippen LogP contribution in [0, 0.1) is 0 Å². The minimum atomic E-state index is -0.103. The zero-order chi connectivity index (χ0) is 35.3. The molecule has 0 radical (unpaired) electrons. The fraction of sp³-hybridized carbons (Fsp3) is 0.0588. The van der Waals surface area contributed by atoms with Crippen LogP contribution in [0.15, 0.2) is 180 Å². The third kappa shape index (κ3) is 4.39. The number of fused-ring (bicyclic) bond motifs is 12. The maximum absolute atomic E-state index is 6.82. The first-order valence-electron chi connectivity index (χ1n) is 18.4. The molecule has 10 aromatic rings. The molecule has 0 atom stereocenters. The Bertz CT molecular complexity index is 3060. The summed E-state index contributed by atoms with van der Waals surface area (Å²) in [7, 11) is 0. The zero-order valence-corrected chi connectivity index (χ0v) is 29.6. The molecule has 1 aliphatic carbocycles. The molecule has 1 heterocycles. The first kappa shape index (κ1) is 30.0. The second kappa shape index (κ2) is 11.2. The molecule has 0 bridgehead atoms. The molecule has 2 nitrogen and oxygen atoms in total. The fourth-order valence-electron chi connectivity index (χ4n) is 9.06. The standard InChI is InChI=1S/C51H35NO/c1-51(2)46-21-11-10-19-41(46)42-27-25-35(31-47(42)51)52(34-13-4-3-5-14-34)48-22-12-20-43-45-30-33(24-28-49(45)53-50(43)48)32-23-26-40-38-17-7-6-15-36(38)37-16-8-9-18-39(37)44(40)29-32/h3-31H,1-2H3. The first-order chi connectivity index (χ1) is 26.0. The van der Waals surface area contributed by atoms with E-state index in [1.165, 1.54) is 65.7 Å². The molecular weight excluding hydrogens is 643 g/mol. The van der Waals surface area contributed by atoms with Crippen molar-refractivity contribution in [2.24, 2.45) is 0 Å². The molecule has 0 fully saturated rings. The molecule has 0 saturated heterocycles. The van der Waals surface area contributed by atoms with E-state index in [1.807, 2.05) is 0 Å². The minimum absolute atomic E-state index is 0.103. The van der Waals surface area contributed by atoms with Gasteiger partial charge in [0, 0.05) is 27.6 Å². The molecule has 11 rings (SSSR count). The quantitative estimate of drug-likeness (QED) is 0.172. The monoisotopic (exact) mass is 677 g/mol. The van der Waals surface area contributed by atoms with Crippen LogP contribution in [0.5, 0.6) is 0 Å².